The summed E-state index contributed by atoms with van der Waals surface area (Å²) in [6.45, 7) is 3.82. The molecule has 22 heavy (non-hydrogen) atoms. The van der Waals surface area contributed by atoms with Gasteiger partial charge in [0.05, 0.1) is 5.71 Å². The number of carboxylic acid groups (broad SMARTS) is 1. The lowest BCUT2D eigenvalue weighted by atomic mass is 10.0. The van der Waals surface area contributed by atoms with Gasteiger partial charge in [-0.3, -0.25) is 4.79 Å². The number of carbonyl (C=O) groups excluding carboxylic acids is 1. The van der Waals surface area contributed by atoms with E-state index in [4.69, 9.17) is 9.94 Å². The van der Waals surface area contributed by atoms with Gasteiger partial charge in [0.2, 0.25) is 6.10 Å². The minimum absolute atomic E-state index is 0.169. The molecule has 6 heteroatoms. The van der Waals surface area contributed by atoms with Crippen molar-refractivity contribution in [2.75, 3.05) is 0 Å². The molecule has 1 aromatic carbocycles. The van der Waals surface area contributed by atoms with Crippen LogP contribution in [0.1, 0.15) is 32.3 Å². The van der Waals surface area contributed by atoms with Crippen LogP contribution in [0.15, 0.2) is 35.5 Å². The van der Waals surface area contributed by atoms with Crippen molar-refractivity contribution in [3.05, 3.63) is 35.9 Å². The zero-order valence-electron chi connectivity index (χ0n) is 12.7. The third-order valence-corrected chi connectivity index (χ3v) is 3.39. The minimum Gasteiger partial charge on any atom is -0.480 e. The summed E-state index contributed by atoms with van der Waals surface area (Å²) >= 11 is 0. The maximum absolute atomic E-state index is 12.1. The molecule has 0 aromatic heterocycles. The molecule has 1 amide bonds. The van der Waals surface area contributed by atoms with Crippen LogP contribution in [0.5, 0.6) is 0 Å². The van der Waals surface area contributed by atoms with E-state index in [0.717, 1.165) is 5.56 Å². The molecule has 2 unspecified atom stereocenters. The Bertz CT molecular complexity index is 569. The average molecular weight is 304 g/mol. The first kappa shape index (κ1) is 16.0. The molecule has 2 atom stereocenters. The molecule has 1 aromatic rings. The number of carboxylic acids is 1. The van der Waals surface area contributed by atoms with E-state index in [0.29, 0.717) is 18.6 Å². The van der Waals surface area contributed by atoms with E-state index in [1.54, 1.807) is 0 Å². The number of nitrogens with one attached hydrogen (secondary N) is 1. The van der Waals surface area contributed by atoms with Crippen LogP contribution in [-0.2, 0) is 14.4 Å². The number of rotatable bonds is 6. The van der Waals surface area contributed by atoms with E-state index in [9.17, 15) is 9.59 Å². The first-order chi connectivity index (χ1) is 10.5. The number of oxime groups is 1. The molecule has 0 bridgehead atoms. The number of nitrogens with zero attached hydrogens (tertiary/aromatic N) is 1. The van der Waals surface area contributed by atoms with E-state index in [-0.39, 0.29) is 5.92 Å². The van der Waals surface area contributed by atoms with E-state index in [1.165, 1.54) is 0 Å². The zero-order chi connectivity index (χ0) is 16.1. The highest BCUT2D eigenvalue weighted by Crippen LogP contribution is 2.17. The molecule has 6 nitrogen and oxygen atoms in total. The molecule has 2 rings (SSSR count). The van der Waals surface area contributed by atoms with Gasteiger partial charge in [-0.05, 0) is 17.9 Å². The van der Waals surface area contributed by atoms with Crippen LogP contribution in [0, 0.1) is 5.92 Å². The van der Waals surface area contributed by atoms with Crippen LogP contribution < -0.4 is 5.32 Å². The Morgan fingerprint density at radius 2 is 2.05 bits per heavy atom. The Kier molecular flexibility index (Phi) is 5.14. The highest BCUT2D eigenvalue weighted by atomic mass is 16.6. The van der Waals surface area contributed by atoms with Gasteiger partial charge in [-0.25, -0.2) is 4.79 Å². The van der Waals surface area contributed by atoms with Gasteiger partial charge in [0.25, 0.3) is 5.91 Å². The van der Waals surface area contributed by atoms with Crippen LogP contribution in [0.2, 0.25) is 0 Å². The molecule has 118 valence electrons. The van der Waals surface area contributed by atoms with Crippen molar-refractivity contribution in [2.24, 2.45) is 11.1 Å². The Morgan fingerprint density at radius 3 is 2.64 bits per heavy atom. The predicted molar refractivity (Wildman–Crippen MR) is 81.5 cm³/mol. The second kappa shape index (κ2) is 7.06. The monoisotopic (exact) mass is 304 g/mol. The third-order valence-electron chi connectivity index (χ3n) is 3.39. The second-order valence-corrected chi connectivity index (χ2v) is 5.73. The lowest BCUT2D eigenvalue weighted by Gasteiger charge is -2.18. The van der Waals surface area contributed by atoms with Crippen molar-refractivity contribution >= 4 is 17.6 Å². The standard InChI is InChI=1S/C16H20N2O4/c1-10(2)8-13(16(20)21)17-15(19)14-9-12(18-22-14)11-6-4-3-5-7-11/h3-7,10,13-14H,8-9H2,1-2H3,(H,17,19)(H,20,21). The van der Waals surface area contributed by atoms with E-state index in [2.05, 4.69) is 10.5 Å². The van der Waals surface area contributed by atoms with Crippen LogP contribution in [-0.4, -0.2) is 34.8 Å². The second-order valence-electron chi connectivity index (χ2n) is 5.73. The number of benzene rings is 1. The van der Waals surface area contributed by atoms with Crippen LogP contribution >= 0.6 is 0 Å². The summed E-state index contributed by atoms with van der Waals surface area (Å²) in [4.78, 5) is 28.5. The first-order valence-corrected chi connectivity index (χ1v) is 7.28. The molecule has 0 saturated heterocycles. The summed E-state index contributed by atoms with van der Waals surface area (Å²) in [6, 6.07) is 8.54. The van der Waals surface area contributed by atoms with Crippen molar-refractivity contribution in [3.63, 3.8) is 0 Å². The normalized spacial score (nSPS) is 18.5. The van der Waals surface area contributed by atoms with Crippen molar-refractivity contribution < 1.29 is 19.5 Å². The Hall–Kier alpha value is -2.37. The summed E-state index contributed by atoms with van der Waals surface area (Å²) < 4.78 is 0. The van der Waals surface area contributed by atoms with E-state index < -0.39 is 24.0 Å². The smallest absolute Gasteiger partial charge is 0.326 e. The lowest BCUT2D eigenvalue weighted by Crippen LogP contribution is -2.46. The topological polar surface area (TPSA) is 88.0 Å². The number of aliphatic carboxylic acids is 1. The fourth-order valence-corrected chi connectivity index (χ4v) is 2.28. The Balaban J connectivity index is 1.94. The quantitative estimate of drug-likeness (QED) is 0.838. The van der Waals surface area contributed by atoms with E-state index in [1.807, 2.05) is 44.2 Å². The third kappa shape index (κ3) is 4.07. The fourth-order valence-electron chi connectivity index (χ4n) is 2.28. The van der Waals surface area contributed by atoms with Gasteiger partial charge < -0.3 is 15.3 Å². The SMILES string of the molecule is CC(C)CC(NC(=O)C1CC(c2ccccc2)=NO1)C(=O)O. The molecule has 0 saturated carbocycles. The molecule has 2 N–H and O–H groups in total. The molecule has 1 aliphatic heterocycles. The summed E-state index contributed by atoms with van der Waals surface area (Å²) in [7, 11) is 0. The molecule has 0 aliphatic carbocycles. The van der Waals surface area contributed by atoms with Gasteiger partial charge in [-0.1, -0.05) is 49.3 Å². The molecule has 1 aliphatic rings. The predicted octanol–water partition coefficient (Wildman–Crippen LogP) is 1.80. The Morgan fingerprint density at radius 1 is 1.36 bits per heavy atom. The summed E-state index contributed by atoms with van der Waals surface area (Å²) in [5, 5.41) is 15.6. The van der Waals surface area contributed by atoms with Crippen molar-refractivity contribution in [3.8, 4) is 0 Å². The first-order valence-electron chi connectivity index (χ1n) is 7.28. The molecule has 1 heterocycles. The molecular formula is C16H20N2O4. The van der Waals surface area contributed by atoms with Crippen molar-refractivity contribution in [2.45, 2.75) is 38.8 Å². The fraction of sp³-hybridized carbons (Fsp3) is 0.438. The minimum atomic E-state index is -1.04. The van der Waals surface area contributed by atoms with Crippen LogP contribution in [0.3, 0.4) is 0 Å². The number of amides is 1. The van der Waals surface area contributed by atoms with Gasteiger partial charge in [-0.2, -0.15) is 0 Å². The molecular weight excluding hydrogens is 284 g/mol. The van der Waals surface area contributed by atoms with Crippen LogP contribution in [0.4, 0.5) is 0 Å². The van der Waals surface area contributed by atoms with Gasteiger partial charge in [0, 0.05) is 6.42 Å². The summed E-state index contributed by atoms with van der Waals surface area (Å²) in [6.07, 6.45) is -0.0615. The largest absolute Gasteiger partial charge is 0.480 e. The molecule has 0 radical (unpaired) electrons. The van der Waals surface area contributed by atoms with E-state index >= 15 is 0 Å². The Labute approximate surface area is 129 Å². The van der Waals surface area contributed by atoms with Crippen molar-refractivity contribution in [1.29, 1.82) is 0 Å². The highest BCUT2D eigenvalue weighted by Gasteiger charge is 2.31. The maximum Gasteiger partial charge on any atom is 0.326 e. The lowest BCUT2D eigenvalue weighted by molar-refractivity contribution is -0.144. The van der Waals surface area contributed by atoms with Crippen molar-refractivity contribution in [1.82, 2.24) is 5.32 Å². The number of hydrogen-bond acceptors (Lipinski definition) is 4. The number of carbonyl (C=O) groups is 2. The van der Waals surface area contributed by atoms with Gasteiger partial charge >= 0.3 is 5.97 Å². The average Bonchev–Trinajstić information content (AvgIpc) is 2.96. The van der Waals surface area contributed by atoms with Crippen LogP contribution in [0.25, 0.3) is 0 Å². The van der Waals surface area contributed by atoms with Gasteiger partial charge in [0.15, 0.2) is 0 Å². The number of hydrogen-bond donors (Lipinski definition) is 2. The summed E-state index contributed by atoms with van der Waals surface area (Å²) in [5.41, 5.74) is 1.59. The van der Waals surface area contributed by atoms with Gasteiger partial charge in [0.1, 0.15) is 6.04 Å². The highest BCUT2D eigenvalue weighted by molar-refractivity contribution is 6.04. The van der Waals surface area contributed by atoms with Gasteiger partial charge in [-0.15, -0.1) is 0 Å². The molecule has 0 fully saturated rings. The maximum atomic E-state index is 12.1. The molecule has 0 spiro atoms. The zero-order valence-corrected chi connectivity index (χ0v) is 12.7. The summed E-state index contributed by atoms with van der Waals surface area (Å²) in [5.74, 6) is -1.31.